The fourth-order valence-electron chi connectivity index (χ4n) is 3.21. The molecule has 3 N–H and O–H groups in total. The van der Waals surface area contributed by atoms with Crippen LogP contribution in [0, 0.1) is 0 Å². The monoisotopic (exact) mass is 431 g/mol. The van der Waals surface area contributed by atoms with Gasteiger partial charge in [-0.3, -0.25) is 9.59 Å². The first-order chi connectivity index (χ1) is 15.7. The summed E-state index contributed by atoms with van der Waals surface area (Å²) >= 11 is 0. The summed E-state index contributed by atoms with van der Waals surface area (Å²) in [5.41, 5.74) is 3.16. The number of hydrogen-bond donors (Lipinski definition) is 3. The van der Waals surface area contributed by atoms with E-state index in [9.17, 15) is 9.59 Å². The summed E-state index contributed by atoms with van der Waals surface area (Å²) in [5, 5.41) is 8.71. The van der Waals surface area contributed by atoms with E-state index in [1.165, 1.54) is 5.56 Å². The first-order valence-electron chi connectivity index (χ1n) is 10.8. The lowest BCUT2D eigenvalue weighted by molar-refractivity contribution is -0.114. The molecular weight excluding hydrogens is 402 g/mol. The molecular formula is C26H29N3O3. The Labute approximate surface area is 189 Å². The van der Waals surface area contributed by atoms with E-state index < -0.39 is 0 Å². The Morgan fingerprint density at radius 3 is 2.50 bits per heavy atom. The number of carbonyl (C=O) groups excluding carboxylic acids is 2. The van der Waals surface area contributed by atoms with Crippen molar-refractivity contribution in [3.05, 3.63) is 90.0 Å². The average Bonchev–Trinajstić information content (AvgIpc) is 2.82. The third-order valence-corrected chi connectivity index (χ3v) is 4.79. The minimum absolute atomic E-state index is 0.0706. The lowest BCUT2D eigenvalue weighted by Gasteiger charge is -2.13. The lowest BCUT2D eigenvalue weighted by Crippen LogP contribution is -2.24. The van der Waals surface area contributed by atoms with Crippen molar-refractivity contribution in [3.8, 4) is 5.75 Å². The predicted octanol–water partition coefficient (Wildman–Crippen LogP) is 4.50. The van der Waals surface area contributed by atoms with Gasteiger partial charge in [-0.1, -0.05) is 48.5 Å². The molecule has 0 atom stereocenters. The van der Waals surface area contributed by atoms with Gasteiger partial charge in [0, 0.05) is 17.8 Å². The highest BCUT2D eigenvalue weighted by atomic mass is 16.5. The molecule has 166 valence electrons. The zero-order valence-electron chi connectivity index (χ0n) is 18.3. The van der Waals surface area contributed by atoms with Crippen molar-refractivity contribution in [2.45, 2.75) is 19.8 Å². The first kappa shape index (κ1) is 22.9. The maximum Gasteiger partial charge on any atom is 0.251 e. The van der Waals surface area contributed by atoms with Crippen molar-refractivity contribution in [1.82, 2.24) is 5.32 Å². The van der Waals surface area contributed by atoms with Gasteiger partial charge in [-0.15, -0.1) is 0 Å². The van der Waals surface area contributed by atoms with Gasteiger partial charge in [0.05, 0.1) is 18.8 Å². The quantitative estimate of drug-likeness (QED) is 0.391. The summed E-state index contributed by atoms with van der Waals surface area (Å²) in [6.07, 6.45) is 1.82. The molecule has 0 radical (unpaired) electrons. The van der Waals surface area contributed by atoms with Gasteiger partial charge >= 0.3 is 0 Å². The van der Waals surface area contributed by atoms with E-state index in [0.717, 1.165) is 12.8 Å². The standard InChI is InChI=1S/C26H29N3O3/c1-2-27-26(31)21-13-8-14-22(18-21)28-19-25(30)29-23-15-6-7-16-24(23)32-17-9-12-20-10-4-3-5-11-20/h3-8,10-11,13-16,18,28H,2,9,12,17,19H2,1H3,(H,27,31)(H,29,30). The second-order valence-corrected chi connectivity index (χ2v) is 7.28. The molecule has 6 heteroatoms. The van der Waals surface area contributed by atoms with Crippen molar-refractivity contribution in [3.63, 3.8) is 0 Å². The van der Waals surface area contributed by atoms with Gasteiger partial charge in [-0.2, -0.15) is 0 Å². The molecule has 0 aliphatic rings. The van der Waals surface area contributed by atoms with Crippen LogP contribution in [0.15, 0.2) is 78.9 Å². The fourth-order valence-corrected chi connectivity index (χ4v) is 3.21. The molecule has 0 unspecified atom stereocenters. The number of carbonyl (C=O) groups is 2. The summed E-state index contributed by atoms with van der Waals surface area (Å²) in [7, 11) is 0. The largest absolute Gasteiger partial charge is 0.491 e. The number of para-hydroxylation sites is 2. The van der Waals surface area contributed by atoms with Crippen molar-refractivity contribution < 1.29 is 14.3 Å². The summed E-state index contributed by atoms with van der Waals surface area (Å²) in [5.74, 6) is 0.305. The summed E-state index contributed by atoms with van der Waals surface area (Å²) in [4.78, 5) is 24.4. The van der Waals surface area contributed by atoms with Crippen LogP contribution in [-0.4, -0.2) is 31.5 Å². The van der Waals surface area contributed by atoms with Crippen LogP contribution in [-0.2, 0) is 11.2 Å². The van der Waals surface area contributed by atoms with E-state index in [-0.39, 0.29) is 18.4 Å². The summed E-state index contributed by atoms with van der Waals surface area (Å²) in [6.45, 7) is 3.07. The lowest BCUT2D eigenvalue weighted by atomic mass is 10.1. The number of nitrogens with one attached hydrogen (secondary N) is 3. The Bertz CT molecular complexity index is 1020. The smallest absolute Gasteiger partial charge is 0.251 e. The van der Waals surface area contributed by atoms with Gasteiger partial charge in [0.1, 0.15) is 5.75 Å². The highest BCUT2D eigenvalue weighted by molar-refractivity contribution is 5.96. The molecule has 2 amide bonds. The van der Waals surface area contributed by atoms with Crippen molar-refractivity contribution in [1.29, 1.82) is 0 Å². The number of benzene rings is 3. The minimum Gasteiger partial charge on any atom is -0.491 e. The van der Waals surface area contributed by atoms with Gasteiger partial charge < -0.3 is 20.7 Å². The topological polar surface area (TPSA) is 79.5 Å². The van der Waals surface area contributed by atoms with Crippen LogP contribution in [0.3, 0.4) is 0 Å². The predicted molar refractivity (Wildman–Crippen MR) is 128 cm³/mol. The Balaban J connectivity index is 1.49. The van der Waals surface area contributed by atoms with E-state index >= 15 is 0 Å². The number of aryl methyl sites for hydroxylation is 1. The molecule has 32 heavy (non-hydrogen) atoms. The van der Waals surface area contributed by atoms with Gasteiger partial charge in [0.25, 0.3) is 5.91 Å². The van der Waals surface area contributed by atoms with E-state index in [1.54, 1.807) is 18.2 Å². The third-order valence-electron chi connectivity index (χ3n) is 4.79. The van der Waals surface area contributed by atoms with Crippen LogP contribution < -0.4 is 20.7 Å². The van der Waals surface area contributed by atoms with Gasteiger partial charge in [-0.05, 0) is 55.7 Å². The number of anilines is 2. The highest BCUT2D eigenvalue weighted by Crippen LogP contribution is 2.24. The molecule has 3 rings (SSSR count). The highest BCUT2D eigenvalue weighted by Gasteiger charge is 2.09. The van der Waals surface area contributed by atoms with Crippen LogP contribution in [0.5, 0.6) is 5.75 Å². The maximum absolute atomic E-state index is 12.5. The molecule has 3 aromatic rings. The van der Waals surface area contributed by atoms with E-state index in [0.29, 0.717) is 35.8 Å². The second kappa shape index (κ2) is 12.2. The Morgan fingerprint density at radius 2 is 1.69 bits per heavy atom. The van der Waals surface area contributed by atoms with Crippen LogP contribution in [0.25, 0.3) is 0 Å². The fraction of sp³-hybridized carbons (Fsp3) is 0.231. The van der Waals surface area contributed by atoms with Crippen LogP contribution in [0.4, 0.5) is 11.4 Å². The van der Waals surface area contributed by atoms with E-state index in [1.807, 2.05) is 55.5 Å². The van der Waals surface area contributed by atoms with Gasteiger partial charge in [0.2, 0.25) is 5.91 Å². The molecule has 0 aliphatic heterocycles. The van der Waals surface area contributed by atoms with Gasteiger partial charge in [0.15, 0.2) is 0 Å². The summed E-state index contributed by atoms with van der Waals surface area (Å²) < 4.78 is 5.91. The van der Waals surface area contributed by atoms with Crippen LogP contribution >= 0.6 is 0 Å². The van der Waals surface area contributed by atoms with Crippen LogP contribution in [0.2, 0.25) is 0 Å². The zero-order valence-corrected chi connectivity index (χ0v) is 18.3. The average molecular weight is 432 g/mol. The number of ether oxygens (including phenoxy) is 1. The molecule has 0 bridgehead atoms. The molecule has 0 saturated carbocycles. The normalized spacial score (nSPS) is 10.3. The Kier molecular flexibility index (Phi) is 8.69. The first-order valence-corrected chi connectivity index (χ1v) is 10.8. The molecule has 0 aromatic heterocycles. The summed E-state index contributed by atoms with van der Waals surface area (Å²) in [6, 6.07) is 24.8. The molecule has 0 saturated heterocycles. The third kappa shape index (κ3) is 7.16. The Morgan fingerprint density at radius 1 is 0.906 bits per heavy atom. The number of hydrogen-bond acceptors (Lipinski definition) is 4. The molecule has 0 heterocycles. The molecule has 0 fully saturated rings. The molecule has 0 aliphatic carbocycles. The molecule has 3 aromatic carbocycles. The van der Waals surface area contributed by atoms with Crippen LogP contribution in [0.1, 0.15) is 29.3 Å². The van der Waals surface area contributed by atoms with E-state index in [4.69, 9.17) is 4.74 Å². The number of amides is 2. The van der Waals surface area contributed by atoms with Crippen molar-refractivity contribution >= 4 is 23.2 Å². The van der Waals surface area contributed by atoms with Crippen molar-refractivity contribution in [2.75, 3.05) is 30.3 Å². The second-order valence-electron chi connectivity index (χ2n) is 7.28. The Hall–Kier alpha value is -3.80. The SMILES string of the molecule is CCNC(=O)c1cccc(NCC(=O)Nc2ccccc2OCCCc2ccccc2)c1. The van der Waals surface area contributed by atoms with E-state index in [2.05, 4.69) is 28.1 Å². The number of rotatable bonds is 11. The van der Waals surface area contributed by atoms with Gasteiger partial charge in [-0.25, -0.2) is 0 Å². The zero-order chi connectivity index (χ0) is 22.6. The minimum atomic E-state index is -0.200. The molecule has 6 nitrogen and oxygen atoms in total. The maximum atomic E-state index is 12.5. The van der Waals surface area contributed by atoms with Crippen molar-refractivity contribution in [2.24, 2.45) is 0 Å². The molecule has 0 spiro atoms.